The lowest BCUT2D eigenvalue weighted by Gasteiger charge is -2.05. The van der Waals surface area contributed by atoms with Crippen molar-refractivity contribution in [1.29, 1.82) is 0 Å². The number of fused-ring (bicyclic) bond motifs is 1. The molecule has 2 aromatic rings. The molecule has 0 aliphatic heterocycles. The molecule has 16 heavy (non-hydrogen) atoms. The fourth-order valence-electron chi connectivity index (χ4n) is 2.47. The summed E-state index contributed by atoms with van der Waals surface area (Å²) < 4.78 is 2.37. The molecule has 2 saturated carbocycles. The van der Waals surface area contributed by atoms with Gasteiger partial charge in [-0.15, -0.1) is 0 Å². The minimum absolute atomic E-state index is 0.318. The Morgan fingerprint density at radius 3 is 2.69 bits per heavy atom. The van der Waals surface area contributed by atoms with Gasteiger partial charge in [-0.2, -0.15) is 0 Å². The molecule has 82 valence electrons. The van der Waals surface area contributed by atoms with E-state index in [9.17, 15) is 5.11 Å². The number of para-hydroxylation sites is 1. The van der Waals surface area contributed by atoms with Crippen molar-refractivity contribution in [3.05, 3.63) is 24.0 Å². The Morgan fingerprint density at radius 1 is 1.19 bits per heavy atom. The fourth-order valence-corrected chi connectivity index (χ4v) is 2.47. The Hall–Kier alpha value is -1.51. The summed E-state index contributed by atoms with van der Waals surface area (Å²) in [6.07, 6.45) is 5.05. The quantitative estimate of drug-likeness (QED) is 0.834. The molecule has 0 unspecified atom stereocenters. The molecule has 2 fully saturated rings. The van der Waals surface area contributed by atoms with E-state index in [1.54, 1.807) is 6.07 Å². The summed E-state index contributed by atoms with van der Waals surface area (Å²) in [6, 6.07) is 6.35. The molecule has 1 aromatic carbocycles. The second-order valence-electron chi connectivity index (χ2n) is 4.99. The van der Waals surface area contributed by atoms with E-state index in [1.165, 1.54) is 31.5 Å². The van der Waals surface area contributed by atoms with E-state index in [0.717, 1.165) is 11.0 Å². The average molecular weight is 214 g/mol. The third-order valence-electron chi connectivity index (χ3n) is 3.58. The Balaban J connectivity index is 2.04. The van der Waals surface area contributed by atoms with Gasteiger partial charge in [0.05, 0.1) is 5.52 Å². The zero-order valence-electron chi connectivity index (χ0n) is 9.06. The zero-order valence-corrected chi connectivity index (χ0v) is 9.06. The van der Waals surface area contributed by atoms with E-state index in [-0.39, 0.29) is 0 Å². The number of hydrogen-bond acceptors (Lipinski definition) is 2. The number of aromatic hydroxyl groups is 1. The molecule has 4 rings (SSSR count). The first-order valence-electron chi connectivity index (χ1n) is 6.04. The average Bonchev–Trinajstić information content (AvgIpc) is 3.16. The van der Waals surface area contributed by atoms with E-state index < -0.39 is 0 Å². The van der Waals surface area contributed by atoms with Gasteiger partial charge in [0.1, 0.15) is 17.1 Å². The van der Waals surface area contributed by atoms with Crippen molar-refractivity contribution in [1.82, 2.24) is 9.55 Å². The SMILES string of the molecule is Oc1cccc2c1nc(C1CC1)n2C1CC1. The third-order valence-corrected chi connectivity index (χ3v) is 3.58. The molecule has 0 saturated heterocycles. The maximum atomic E-state index is 9.84. The molecule has 0 bridgehead atoms. The Kier molecular flexibility index (Phi) is 1.50. The molecule has 0 spiro atoms. The summed E-state index contributed by atoms with van der Waals surface area (Å²) in [5.74, 6) is 2.17. The maximum absolute atomic E-state index is 9.84. The smallest absolute Gasteiger partial charge is 0.143 e. The van der Waals surface area contributed by atoms with Gasteiger partial charge >= 0.3 is 0 Å². The Morgan fingerprint density at radius 2 is 2.00 bits per heavy atom. The molecule has 1 N–H and O–H groups in total. The number of imidazole rings is 1. The van der Waals surface area contributed by atoms with Crippen LogP contribution in [0.5, 0.6) is 5.75 Å². The lowest BCUT2D eigenvalue weighted by Crippen LogP contribution is -1.99. The second kappa shape index (κ2) is 2.78. The normalized spacial score (nSPS) is 20.5. The molecule has 1 aromatic heterocycles. The van der Waals surface area contributed by atoms with Crippen molar-refractivity contribution >= 4 is 11.0 Å². The molecule has 3 nitrogen and oxygen atoms in total. The van der Waals surface area contributed by atoms with Crippen LogP contribution in [0.4, 0.5) is 0 Å². The first kappa shape index (κ1) is 8.62. The lowest BCUT2D eigenvalue weighted by molar-refractivity contribution is 0.480. The van der Waals surface area contributed by atoms with Crippen molar-refractivity contribution in [3.63, 3.8) is 0 Å². The number of phenols is 1. The minimum Gasteiger partial charge on any atom is -0.506 e. The molecular weight excluding hydrogens is 200 g/mol. The van der Waals surface area contributed by atoms with Gasteiger partial charge in [0.25, 0.3) is 0 Å². The van der Waals surface area contributed by atoms with Gasteiger partial charge in [-0.3, -0.25) is 0 Å². The van der Waals surface area contributed by atoms with E-state index >= 15 is 0 Å². The highest BCUT2D eigenvalue weighted by Gasteiger charge is 2.35. The highest BCUT2D eigenvalue weighted by atomic mass is 16.3. The van der Waals surface area contributed by atoms with Crippen LogP contribution < -0.4 is 0 Å². The number of benzene rings is 1. The molecular formula is C13H14N2O. The summed E-state index contributed by atoms with van der Waals surface area (Å²) in [5.41, 5.74) is 1.90. The number of nitrogens with zero attached hydrogens (tertiary/aromatic N) is 2. The molecule has 0 amide bonds. The number of hydrogen-bond donors (Lipinski definition) is 1. The first-order valence-corrected chi connectivity index (χ1v) is 6.04. The number of rotatable bonds is 2. The van der Waals surface area contributed by atoms with E-state index in [1.807, 2.05) is 6.07 Å². The molecule has 1 heterocycles. The predicted molar refractivity (Wildman–Crippen MR) is 61.6 cm³/mol. The highest BCUT2D eigenvalue weighted by Crippen LogP contribution is 2.47. The van der Waals surface area contributed by atoms with Gasteiger partial charge in [0.15, 0.2) is 0 Å². The van der Waals surface area contributed by atoms with Crippen molar-refractivity contribution in [2.24, 2.45) is 0 Å². The zero-order chi connectivity index (χ0) is 10.7. The Labute approximate surface area is 93.7 Å². The molecule has 2 aliphatic rings. The van der Waals surface area contributed by atoms with Crippen LogP contribution in [0.1, 0.15) is 43.5 Å². The molecule has 0 radical (unpaired) electrons. The minimum atomic E-state index is 0.318. The molecule has 2 aliphatic carbocycles. The summed E-state index contributed by atoms with van der Waals surface area (Å²) >= 11 is 0. The van der Waals surface area contributed by atoms with Crippen LogP contribution in [0.3, 0.4) is 0 Å². The monoisotopic (exact) mass is 214 g/mol. The van der Waals surface area contributed by atoms with Gasteiger partial charge in [-0.05, 0) is 37.8 Å². The van der Waals surface area contributed by atoms with Crippen LogP contribution in [0, 0.1) is 0 Å². The summed E-state index contributed by atoms with van der Waals surface area (Å²) in [7, 11) is 0. The van der Waals surface area contributed by atoms with Crippen LogP contribution >= 0.6 is 0 Å². The van der Waals surface area contributed by atoms with Crippen molar-refractivity contribution in [2.45, 2.75) is 37.6 Å². The topological polar surface area (TPSA) is 38.1 Å². The number of phenolic OH excluding ortho intramolecular Hbond substituents is 1. The highest BCUT2D eigenvalue weighted by molar-refractivity contribution is 5.82. The van der Waals surface area contributed by atoms with Crippen LogP contribution in [0.25, 0.3) is 11.0 Å². The van der Waals surface area contributed by atoms with Gasteiger partial charge < -0.3 is 9.67 Å². The summed E-state index contributed by atoms with van der Waals surface area (Å²) in [5, 5.41) is 9.84. The number of aromatic nitrogens is 2. The lowest BCUT2D eigenvalue weighted by atomic mass is 10.3. The summed E-state index contributed by atoms with van der Waals surface area (Å²) in [6.45, 7) is 0. The first-order chi connectivity index (χ1) is 7.84. The van der Waals surface area contributed by atoms with Crippen molar-refractivity contribution in [3.8, 4) is 5.75 Å². The van der Waals surface area contributed by atoms with Crippen molar-refractivity contribution < 1.29 is 5.11 Å². The molecule has 3 heteroatoms. The second-order valence-corrected chi connectivity index (χ2v) is 4.99. The van der Waals surface area contributed by atoms with E-state index in [0.29, 0.717) is 17.7 Å². The summed E-state index contributed by atoms with van der Waals surface area (Å²) in [4.78, 5) is 4.65. The van der Waals surface area contributed by atoms with Gasteiger partial charge in [0.2, 0.25) is 0 Å². The largest absolute Gasteiger partial charge is 0.506 e. The maximum Gasteiger partial charge on any atom is 0.143 e. The van der Waals surface area contributed by atoms with E-state index in [2.05, 4.69) is 15.6 Å². The van der Waals surface area contributed by atoms with Crippen LogP contribution in [-0.4, -0.2) is 14.7 Å². The van der Waals surface area contributed by atoms with Crippen LogP contribution in [0.2, 0.25) is 0 Å². The molecule has 0 atom stereocenters. The predicted octanol–water partition coefficient (Wildman–Crippen LogP) is 2.95. The van der Waals surface area contributed by atoms with Gasteiger partial charge in [-0.1, -0.05) is 6.07 Å². The Bertz CT molecular complexity index is 565. The fraction of sp³-hybridized carbons (Fsp3) is 0.462. The van der Waals surface area contributed by atoms with Crippen LogP contribution in [-0.2, 0) is 0 Å². The standard InChI is InChI=1S/C13H14N2O/c16-11-3-1-2-10-12(11)14-13(8-4-5-8)15(10)9-6-7-9/h1-3,8-9,16H,4-7H2. The van der Waals surface area contributed by atoms with E-state index in [4.69, 9.17) is 0 Å². The van der Waals surface area contributed by atoms with Crippen molar-refractivity contribution in [2.75, 3.05) is 0 Å². The van der Waals surface area contributed by atoms with Crippen LogP contribution in [0.15, 0.2) is 18.2 Å². The third kappa shape index (κ3) is 1.11. The van der Waals surface area contributed by atoms with Gasteiger partial charge in [0, 0.05) is 12.0 Å². The van der Waals surface area contributed by atoms with Gasteiger partial charge in [-0.25, -0.2) is 4.98 Å².